The molecule has 1 aromatic heterocycles. The molecule has 0 saturated heterocycles. The van der Waals surface area contributed by atoms with Crippen LogP contribution in [0, 0.1) is 0 Å². The van der Waals surface area contributed by atoms with E-state index in [-0.39, 0.29) is 11.9 Å². The van der Waals surface area contributed by atoms with Crippen molar-refractivity contribution in [3.8, 4) is 0 Å². The normalized spacial score (nSPS) is 9.90. The second-order valence-electron chi connectivity index (χ2n) is 4.14. The number of H-pyrrole nitrogens is 1. The number of aromatic nitrogens is 3. The van der Waals surface area contributed by atoms with Crippen molar-refractivity contribution >= 4 is 23.6 Å². The zero-order chi connectivity index (χ0) is 14.5. The van der Waals surface area contributed by atoms with Crippen molar-refractivity contribution in [2.24, 2.45) is 0 Å². The quantitative estimate of drug-likeness (QED) is 0.770. The van der Waals surface area contributed by atoms with Crippen LogP contribution in [0.3, 0.4) is 0 Å². The van der Waals surface area contributed by atoms with Crippen molar-refractivity contribution < 1.29 is 4.79 Å². The summed E-state index contributed by atoms with van der Waals surface area (Å²) in [6.07, 6.45) is 0. The smallest absolute Gasteiger partial charge is 0.347 e. The Morgan fingerprint density at radius 2 is 1.85 bits per heavy atom. The molecule has 2 rings (SSSR count). The van der Waals surface area contributed by atoms with Gasteiger partial charge in [0.1, 0.15) is 0 Å². The number of hydrogen-bond acceptors (Lipinski definition) is 5. The fourth-order valence-corrected chi connectivity index (χ4v) is 1.42. The number of carbonyl (C=O) groups is 1. The zero-order valence-corrected chi connectivity index (χ0v) is 11.0. The zero-order valence-electron chi connectivity index (χ0n) is 11.0. The summed E-state index contributed by atoms with van der Waals surface area (Å²) in [5, 5.41) is 5.06. The van der Waals surface area contributed by atoms with E-state index in [9.17, 15) is 9.59 Å². The van der Waals surface area contributed by atoms with Crippen LogP contribution in [0.15, 0.2) is 35.1 Å². The first-order valence-corrected chi connectivity index (χ1v) is 5.83. The molecule has 0 bridgehead atoms. The van der Waals surface area contributed by atoms with Crippen molar-refractivity contribution in [2.45, 2.75) is 0 Å². The maximum atomic E-state index is 11.8. The minimum Gasteiger partial charge on any atom is -0.347 e. The Morgan fingerprint density at radius 3 is 2.50 bits per heavy atom. The molecule has 1 heterocycles. The van der Waals surface area contributed by atoms with Gasteiger partial charge in [-0.2, -0.15) is 9.97 Å². The lowest BCUT2D eigenvalue weighted by atomic mass is 10.3. The summed E-state index contributed by atoms with van der Waals surface area (Å²) in [5.74, 6) is 0.242. The van der Waals surface area contributed by atoms with E-state index in [4.69, 9.17) is 0 Å². The van der Waals surface area contributed by atoms with Crippen LogP contribution in [0.2, 0.25) is 0 Å². The number of aromatic amines is 1. The molecule has 8 nitrogen and oxygen atoms in total. The molecule has 2 amide bonds. The Morgan fingerprint density at radius 1 is 1.15 bits per heavy atom. The molecule has 20 heavy (non-hydrogen) atoms. The van der Waals surface area contributed by atoms with Gasteiger partial charge in [-0.15, -0.1) is 0 Å². The molecular formula is C12H14N6O2. The minimum atomic E-state index is -0.585. The number of para-hydroxylation sites is 1. The number of anilines is 3. The van der Waals surface area contributed by atoms with E-state index < -0.39 is 11.7 Å². The van der Waals surface area contributed by atoms with Gasteiger partial charge in [0.2, 0.25) is 11.9 Å². The van der Waals surface area contributed by atoms with Crippen LogP contribution in [-0.4, -0.2) is 35.1 Å². The van der Waals surface area contributed by atoms with Gasteiger partial charge in [0.15, 0.2) is 0 Å². The monoisotopic (exact) mass is 274 g/mol. The summed E-state index contributed by atoms with van der Waals surface area (Å²) in [4.78, 5) is 34.7. The van der Waals surface area contributed by atoms with Gasteiger partial charge in [-0.05, 0) is 12.1 Å². The predicted molar refractivity (Wildman–Crippen MR) is 76.1 cm³/mol. The lowest BCUT2D eigenvalue weighted by Gasteiger charge is -2.11. The highest BCUT2D eigenvalue weighted by Crippen LogP contribution is 2.06. The summed E-state index contributed by atoms with van der Waals surface area (Å²) in [6.45, 7) is 0. The Balaban J connectivity index is 2.10. The molecule has 0 fully saturated rings. The highest BCUT2D eigenvalue weighted by atomic mass is 16.2. The molecule has 0 saturated carbocycles. The van der Waals surface area contributed by atoms with Crippen molar-refractivity contribution in [3.05, 3.63) is 40.8 Å². The first-order valence-electron chi connectivity index (χ1n) is 5.83. The van der Waals surface area contributed by atoms with E-state index in [2.05, 4.69) is 25.6 Å². The third-order valence-electron chi connectivity index (χ3n) is 2.30. The van der Waals surface area contributed by atoms with E-state index in [1.54, 1.807) is 43.3 Å². The standard InChI is InChI=1S/C12H14N6O2/c1-18(2)10-14-9(16-12(20)17-10)15-11(19)13-8-6-4-3-5-7-8/h3-7H,1-2H3,(H3,13,14,15,16,17,19,20). The predicted octanol–water partition coefficient (Wildman–Crippen LogP) is 0.875. The number of nitrogens with zero attached hydrogens (tertiary/aromatic N) is 3. The molecule has 8 heteroatoms. The van der Waals surface area contributed by atoms with Gasteiger partial charge in [0, 0.05) is 19.8 Å². The van der Waals surface area contributed by atoms with Crippen molar-refractivity contribution in [2.75, 3.05) is 29.6 Å². The SMILES string of the molecule is CN(C)c1nc(NC(=O)Nc2ccccc2)[nH]c(=O)n1. The van der Waals surface area contributed by atoms with Gasteiger partial charge in [0.25, 0.3) is 0 Å². The molecule has 1 aromatic carbocycles. The van der Waals surface area contributed by atoms with E-state index in [1.165, 1.54) is 0 Å². The molecular weight excluding hydrogens is 260 g/mol. The number of benzene rings is 1. The maximum Gasteiger partial charge on any atom is 0.351 e. The molecule has 104 valence electrons. The molecule has 0 aliphatic heterocycles. The van der Waals surface area contributed by atoms with Crippen molar-refractivity contribution in [1.82, 2.24) is 15.0 Å². The Kier molecular flexibility index (Phi) is 3.94. The Hall–Kier alpha value is -2.90. The third-order valence-corrected chi connectivity index (χ3v) is 2.30. The largest absolute Gasteiger partial charge is 0.351 e. The number of rotatable bonds is 3. The number of urea groups is 1. The second-order valence-corrected chi connectivity index (χ2v) is 4.14. The van der Waals surface area contributed by atoms with Crippen molar-refractivity contribution in [1.29, 1.82) is 0 Å². The van der Waals surface area contributed by atoms with Crippen molar-refractivity contribution in [3.63, 3.8) is 0 Å². The van der Waals surface area contributed by atoms with Gasteiger partial charge in [-0.1, -0.05) is 18.2 Å². The highest BCUT2D eigenvalue weighted by molar-refractivity contribution is 5.98. The lowest BCUT2D eigenvalue weighted by molar-refractivity contribution is 0.262. The van der Waals surface area contributed by atoms with Gasteiger partial charge < -0.3 is 10.2 Å². The Labute approximate surface area is 114 Å². The average molecular weight is 274 g/mol. The van der Waals surface area contributed by atoms with Crippen LogP contribution in [0.1, 0.15) is 0 Å². The minimum absolute atomic E-state index is 0.0298. The fraction of sp³-hybridized carbons (Fsp3) is 0.167. The van der Waals surface area contributed by atoms with E-state index in [0.717, 1.165) is 0 Å². The van der Waals surface area contributed by atoms with Gasteiger partial charge in [0.05, 0.1) is 0 Å². The molecule has 0 unspecified atom stereocenters. The molecule has 0 aliphatic rings. The van der Waals surface area contributed by atoms with E-state index in [1.807, 2.05) is 6.07 Å². The molecule has 0 spiro atoms. The highest BCUT2D eigenvalue weighted by Gasteiger charge is 2.08. The molecule has 0 atom stereocenters. The van der Waals surface area contributed by atoms with Gasteiger partial charge in [-0.25, -0.2) is 9.59 Å². The number of carbonyl (C=O) groups excluding carboxylic acids is 1. The van der Waals surface area contributed by atoms with Gasteiger partial charge >= 0.3 is 11.7 Å². The first-order chi connectivity index (χ1) is 9.54. The van der Waals surface area contributed by atoms with Crippen LogP contribution in [0.25, 0.3) is 0 Å². The van der Waals surface area contributed by atoms with Crippen LogP contribution in [0.4, 0.5) is 22.4 Å². The fourth-order valence-electron chi connectivity index (χ4n) is 1.42. The molecule has 0 radical (unpaired) electrons. The molecule has 2 aromatic rings. The number of amides is 2. The molecule has 3 N–H and O–H groups in total. The molecule has 0 aliphatic carbocycles. The first kappa shape index (κ1) is 13.5. The van der Waals surface area contributed by atoms with Gasteiger partial charge in [-0.3, -0.25) is 10.3 Å². The lowest BCUT2D eigenvalue weighted by Crippen LogP contribution is -2.26. The number of hydrogen-bond donors (Lipinski definition) is 3. The number of nitrogens with one attached hydrogen (secondary N) is 3. The van der Waals surface area contributed by atoms with Crippen LogP contribution >= 0.6 is 0 Å². The second kappa shape index (κ2) is 5.83. The summed E-state index contributed by atoms with van der Waals surface area (Å²) < 4.78 is 0. The third kappa shape index (κ3) is 3.55. The summed E-state index contributed by atoms with van der Waals surface area (Å²) in [5.41, 5.74) is 0.0490. The summed E-state index contributed by atoms with van der Waals surface area (Å²) in [6, 6.07) is 8.42. The van der Waals surface area contributed by atoms with E-state index in [0.29, 0.717) is 5.69 Å². The summed E-state index contributed by atoms with van der Waals surface area (Å²) in [7, 11) is 3.39. The van der Waals surface area contributed by atoms with Crippen LogP contribution < -0.4 is 21.2 Å². The maximum absolute atomic E-state index is 11.8. The van der Waals surface area contributed by atoms with Crippen LogP contribution in [-0.2, 0) is 0 Å². The Bertz CT molecular complexity index is 652. The van der Waals surface area contributed by atoms with Crippen LogP contribution in [0.5, 0.6) is 0 Å². The average Bonchev–Trinajstić information content (AvgIpc) is 2.38. The summed E-state index contributed by atoms with van der Waals surface area (Å²) >= 11 is 0. The van der Waals surface area contributed by atoms with E-state index >= 15 is 0 Å². The topological polar surface area (TPSA) is 103 Å².